The minimum absolute atomic E-state index is 0.192. The number of anilines is 1. The van der Waals surface area contributed by atoms with E-state index in [1.165, 1.54) is 0 Å². The second kappa shape index (κ2) is 8.14. The number of carbonyl (C=O) groups is 1. The first-order valence-corrected chi connectivity index (χ1v) is 9.82. The van der Waals surface area contributed by atoms with Gasteiger partial charge in [0, 0.05) is 44.1 Å². The van der Waals surface area contributed by atoms with E-state index in [9.17, 15) is 9.90 Å². The first-order chi connectivity index (χ1) is 14.1. The lowest BCUT2D eigenvalue weighted by atomic mass is 9.92. The van der Waals surface area contributed by atoms with Gasteiger partial charge in [0.25, 0.3) is 5.91 Å². The zero-order valence-corrected chi connectivity index (χ0v) is 16.2. The quantitative estimate of drug-likeness (QED) is 0.613. The number of hydrogen-bond donors (Lipinski definition) is 3. The van der Waals surface area contributed by atoms with Crippen molar-refractivity contribution in [2.24, 2.45) is 5.73 Å². The predicted molar refractivity (Wildman–Crippen MR) is 113 cm³/mol. The van der Waals surface area contributed by atoms with Crippen LogP contribution in [0.3, 0.4) is 0 Å². The molecule has 1 aliphatic heterocycles. The largest absolute Gasteiger partial charge is 0.386 e. The highest BCUT2D eigenvalue weighted by Crippen LogP contribution is 2.29. The van der Waals surface area contributed by atoms with Gasteiger partial charge in [0.2, 0.25) is 0 Å². The van der Waals surface area contributed by atoms with Gasteiger partial charge in [-0.3, -0.25) is 14.8 Å². The number of amides is 1. The molecule has 1 aliphatic rings. The molecule has 0 bridgehead atoms. The van der Waals surface area contributed by atoms with Crippen LogP contribution in [0.5, 0.6) is 0 Å². The molecular formula is C22H25N5O2. The Hall–Kier alpha value is -3.03. The zero-order valence-electron chi connectivity index (χ0n) is 16.2. The van der Waals surface area contributed by atoms with Crippen molar-refractivity contribution in [1.82, 2.24) is 15.3 Å². The maximum Gasteiger partial charge on any atom is 0.251 e. The Labute approximate surface area is 169 Å². The van der Waals surface area contributed by atoms with E-state index in [1.807, 2.05) is 30.3 Å². The van der Waals surface area contributed by atoms with Gasteiger partial charge in [0.05, 0.1) is 16.8 Å². The fourth-order valence-electron chi connectivity index (χ4n) is 3.82. The van der Waals surface area contributed by atoms with Gasteiger partial charge in [-0.05, 0) is 48.7 Å². The highest BCUT2D eigenvalue weighted by molar-refractivity contribution is 5.94. The highest BCUT2D eigenvalue weighted by Gasteiger charge is 2.34. The molecular weight excluding hydrogens is 366 g/mol. The molecule has 1 atom stereocenters. The number of hydrogen-bond acceptors (Lipinski definition) is 6. The number of aromatic nitrogens is 2. The Kier molecular flexibility index (Phi) is 5.42. The number of carbonyl (C=O) groups excluding carboxylic acids is 1. The molecule has 0 saturated carbocycles. The molecule has 0 radical (unpaired) electrons. The SMILES string of the molecule is NCc1ccc(C(=O)NC[C@]2(O)CCCN(c3ccnc4cccnc34)C2)cc1. The summed E-state index contributed by atoms with van der Waals surface area (Å²) >= 11 is 0. The maximum atomic E-state index is 12.5. The molecule has 4 rings (SSSR count). The van der Waals surface area contributed by atoms with E-state index in [2.05, 4.69) is 20.2 Å². The number of β-amino-alcohol motifs (C(OH)–C–C–N with tert-alkyl or cyclic N) is 1. The Bertz CT molecular complexity index is 1000. The van der Waals surface area contributed by atoms with Crippen LogP contribution >= 0.6 is 0 Å². The Balaban J connectivity index is 1.46. The van der Waals surface area contributed by atoms with Crippen LogP contribution in [0, 0.1) is 0 Å². The van der Waals surface area contributed by atoms with E-state index < -0.39 is 5.60 Å². The van der Waals surface area contributed by atoms with Crippen molar-refractivity contribution < 1.29 is 9.90 Å². The lowest BCUT2D eigenvalue weighted by molar-refractivity contribution is 0.0257. The number of benzene rings is 1. The van der Waals surface area contributed by atoms with E-state index in [1.54, 1.807) is 24.5 Å². The van der Waals surface area contributed by atoms with E-state index in [0.29, 0.717) is 25.1 Å². The van der Waals surface area contributed by atoms with Crippen LogP contribution in [0.25, 0.3) is 11.0 Å². The van der Waals surface area contributed by atoms with Gasteiger partial charge in [0.15, 0.2) is 0 Å². The van der Waals surface area contributed by atoms with Crippen molar-refractivity contribution >= 4 is 22.6 Å². The summed E-state index contributed by atoms with van der Waals surface area (Å²) in [6.45, 7) is 1.88. The Morgan fingerprint density at radius 3 is 2.79 bits per heavy atom. The first kappa shape index (κ1) is 19.3. The van der Waals surface area contributed by atoms with Crippen molar-refractivity contribution in [2.45, 2.75) is 25.0 Å². The number of nitrogens with one attached hydrogen (secondary N) is 1. The number of aliphatic hydroxyl groups is 1. The molecule has 29 heavy (non-hydrogen) atoms. The minimum atomic E-state index is -1.00. The van der Waals surface area contributed by atoms with Crippen LogP contribution in [0.15, 0.2) is 54.9 Å². The molecule has 0 unspecified atom stereocenters. The minimum Gasteiger partial charge on any atom is -0.386 e. The third kappa shape index (κ3) is 4.21. The van der Waals surface area contributed by atoms with Crippen molar-refractivity contribution in [3.8, 4) is 0 Å². The molecule has 0 spiro atoms. The van der Waals surface area contributed by atoms with Gasteiger partial charge in [-0.25, -0.2) is 0 Å². The number of piperidine rings is 1. The number of pyridine rings is 2. The summed E-state index contributed by atoms with van der Waals surface area (Å²) in [6.07, 6.45) is 4.97. The Morgan fingerprint density at radius 2 is 2.00 bits per heavy atom. The molecule has 7 nitrogen and oxygen atoms in total. The van der Waals surface area contributed by atoms with Crippen molar-refractivity contribution in [3.63, 3.8) is 0 Å². The van der Waals surface area contributed by atoms with Gasteiger partial charge >= 0.3 is 0 Å². The predicted octanol–water partition coefficient (Wildman–Crippen LogP) is 1.85. The number of fused-ring (bicyclic) bond motifs is 1. The lowest BCUT2D eigenvalue weighted by Crippen LogP contribution is -2.54. The average Bonchev–Trinajstić information content (AvgIpc) is 2.77. The lowest BCUT2D eigenvalue weighted by Gasteiger charge is -2.40. The smallest absolute Gasteiger partial charge is 0.251 e. The van der Waals surface area contributed by atoms with Crippen molar-refractivity contribution in [1.29, 1.82) is 0 Å². The van der Waals surface area contributed by atoms with E-state index in [0.717, 1.165) is 35.2 Å². The monoisotopic (exact) mass is 391 g/mol. The molecule has 7 heteroatoms. The van der Waals surface area contributed by atoms with E-state index >= 15 is 0 Å². The van der Waals surface area contributed by atoms with Gasteiger partial charge < -0.3 is 21.1 Å². The Morgan fingerprint density at radius 1 is 1.17 bits per heavy atom. The number of rotatable bonds is 5. The molecule has 1 amide bonds. The molecule has 0 aliphatic carbocycles. The molecule has 2 aromatic heterocycles. The van der Waals surface area contributed by atoms with Crippen molar-refractivity contribution in [2.75, 3.05) is 24.5 Å². The molecule has 3 aromatic rings. The average molecular weight is 391 g/mol. The van der Waals surface area contributed by atoms with E-state index in [-0.39, 0.29) is 12.5 Å². The normalized spacial score (nSPS) is 19.3. The molecule has 1 fully saturated rings. The van der Waals surface area contributed by atoms with Gasteiger partial charge in [-0.2, -0.15) is 0 Å². The maximum absolute atomic E-state index is 12.5. The summed E-state index contributed by atoms with van der Waals surface area (Å²) in [6, 6.07) is 12.9. The fraction of sp³-hybridized carbons (Fsp3) is 0.318. The summed E-state index contributed by atoms with van der Waals surface area (Å²) in [5.41, 5.74) is 8.73. The third-order valence-electron chi connectivity index (χ3n) is 5.40. The van der Waals surface area contributed by atoms with E-state index in [4.69, 9.17) is 5.73 Å². The summed E-state index contributed by atoms with van der Waals surface area (Å²) < 4.78 is 0. The van der Waals surface area contributed by atoms with Gasteiger partial charge in [0.1, 0.15) is 5.52 Å². The summed E-state index contributed by atoms with van der Waals surface area (Å²) in [5.74, 6) is -0.199. The third-order valence-corrected chi connectivity index (χ3v) is 5.40. The van der Waals surface area contributed by atoms with Gasteiger partial charge in [-0.15, -0.1) is 0 Å². The highest BCUT2D eigenvalue weighted by atomic mass is 16.3. The van der Waals surface area contributed by atoms with Crippen LogP contribution in [0.1, 0.15) is 28.8 Å². The number of nitrogens with two attached hydrogens (primary N) is 1. The first-order valence-electron chi connectivity index (χ1n) is 9.82. The molecule has 3 heterocycles. The zero-order chi connectivity index (χ0) is 20.3. The topological polar surface area (TPSA) is 104 Å². The van der Waals surface area contributed by atoms with Gasteiger partial charge in [-0.1, -0.05) is 12.1 Å². The second-order valence-electron chi connectivity index (χ2n) is 7.53. The number of nitrogens with zero attached hydrogens (tertiary/aromatic N) is 3. The van der Waals surface area contributed by atoms with Crippen LogP contribution in [0.2, 0.25) is 0 Å². The van der Waals surface area contributed by atoms with Crippen molar-refractivity contribution in [3.05, 3.63) is 66.0 Å². The molecule has 4 N–H and O–H groups in total. The standard InChI is InChI=1S/C22H25N5O2/c23-13-16-4-6-17(7-5-16)21(28)26-14-22(29)9-2-12-27(15-22)19-8-11-24-18-3-1-10-25-20(18)19/h1,3-8,10-11,29H,2,9,12-15,23H2,(H,26,28)/t22-/m1/s1. The van der Waals surface area contributed by atoms with Crippen LogP contribution in [-0.4, -0.2) is 46.2 Å². The summed E-state index contributed by atoms with van der Waals surface area (Å²) in [5, 5.41) is 14.0. The van der Waals surface area contributed by atoms with Crippen LogP contribution in [-0.2, 0) is 6.54 Å². The molecule has 150 valence electrons. The fourth-order valence-corrected chi connectivity index (χ4v) is 3.82. The summed E-state index contributed by atoms with van der Waals surface area (Å²) in [4.78, 5) is 23.4. The second-order valence-corrected chi connectivity index (χ2v) is 7.53. The molecule has 1 aromatic carbocycles. The summed E-state index contributed by atoms with van der Waals surface area (Å²) in [7, 11) is 0. The van der Waals surface area contributed by atoms with Crippen LogP contribution in [0.4, 0.5) is 5.69 Å². The molecule has 1 saturated heterocycles. The van der Waals surface area contributed by atoms with Crippen LogP contribution < -0.4 is 16.0 Å².